The molecule has 0 spiro atoms. The summed E-state index contributed by atoms with van der Waals surface area (Å²) in [7, 11) is 0. The van der Waals surface area contributed by atoms with Crippen molar-refractivity contribution in [2.24, 2.45) is 0 Å². The van der Waals surface area contributed by atoms with Crippen LogP contribution < -0.4 is 5.32 Å². The van der Waals surface area contributed by atoms with Crippen LogP contribution in [-0.4, -0.2) is 36.6 Å². The van der Waals surface area contributed by atoms with Crippen LogP contribution in [0.2, 0.25) is 0 Å². The molecule has 0 saturated carbocycles. The van der Waals surface area contributed by atoms with Crippen LogP contribution in [0.15, 0.2) is 24.3 Å². The second kappa shape index (κ2) is 6.43. The maximum Gasteiger partial charge on any atom is 0.412 e. The van der Waals surface area contributed by atoms with Crippen LogP contribution in [0.1, 0.15) is 24.4 Å². The van der Waals surface area contributed by atoms with Crippen molar-refractivity contribution in [3.8, 4) is 0 Å². The molecule has 1 atom stereocenters. The maximum atomic E-state index is 13.5. The van der Waals surface area contributed by atoms with Crippen LogP contribution in [0.5, 0.6) is 0 Å². The van der Waals surface area contributed by atoms with Gasteiger partial charge in [0.15, 0.2) is 6.04 Å². The predicted octanol–water partition coefficient (Wildman–Crippen LogP) is 2.64. The van der Waals surface area contributed by atoms with Gasteiger partial charge in [0.2, 0.25) is 5.91 Å². The van der Waals surface area contributed by atoms with Crippen molar-refractivity contribution in [1.29, 1.82) is 0 Å². The molecule has 1 aliphatic heterocycles. The van der Waals surface area contributed by atoms with Crippen molar-refractivity contribution in [1.82, 2.24) is 10.2 Å². The van der Waals surface area contributed by atoms with E-state index < -0.39 is 29.5 Å². The zero-order valence-electron chi connectivity index (χ0n) is 11.3. The quantitative estimate of drug-likeness (QED) is 0.848. The molecule has 0 radical (unpaired) electrons. The van der Waals surface area contributed by atoms with E-state index in [4.69, 9.17) is 0 Å². The number of halogens is 4. The molecule has 0 aliphatic carbocycles. The van der Waals surface area contributed by atoms with Crippen molar-refractivity contribution >= 4 is 5.91 Å². The van der Waals surface area contributed by atoms with Crippen molar-refractivity contribution in [3.05, 3.63) is 35.6 Å². The molecule has 1 fully saturated rings. The van der Waals surface area contributed by atoms with Gasteiger partial charge in [-0.2, -0.15) is 13.2 Å². The third-order valence-corrected chi connectivity index (χ3v) is 3.45. The molecule has 1 aliphatic rings. The Labute approximate surface area is 119 Å². The minimum absolute atomic E-state index is 0.0268. The Morgan fingerprint density at radius 3 is 2.48 bits per heavy atom. The molecule has 116 valence electrons. The Balaban J connectivity index is 2.03. The summed E-state index contributed by atoms with van der Waals surface area (Å²) in [5.74, 6) is -1.71. The number of hydrogen-bond donors (Lipinski definition) is 1. The van der Waals surface area contributed by atoms with E-state index in [0.717, 1.165) is 31.6 Å². The highest BCUT2D eigenvalue weighted by Crippen LogP contribution is 2.33. The van der Waals surface area contributed by atoms with Crippen LogP contribution in [-0.2, 0) is 4.79 Å². The predicted molar refractivity (Wildman–Crippen MR) is 69.0 cm³/mol. The van der Waals surface area contributed by atoms with Gasteiger partial charge >= 0.3 is 6.18 Å². The van der Waals surface area contributed by atoms with Crippen molar-refractivity contribution < 1.29 is 22.4 Å². The molecular weight excluding hydrogens is 288 g/mol. The molecule has 1 N–H and O–H groups in total. The Bertz CT molecular complexity index is 500. The lowest BCUT2D eigenvalue weighted by Crippen LogP contribution is -2.42. The topological polar surface area (TPSA) is 32.3 Å². The van der Waals surface area contributed by atoms with E-state index in [1.807, 2.05) is 10.2 Å². The summed E-state index contributed by atoms with van der Waals surface area (Å²) in [6, 6.07) is 2.27. The fourth-order valence-corrected chi connectivity index (χ4v) is 2.14. The summed E-state index contributed by atoms with van der Waals surface area (Å²) in [6.07, 6.45) is -3.72. The SMILES string of the molecule is O=C(CCN1CCC1)NC(c1ccccc1F)C(F)(F)F. The summed E-state index contributed by atoms with van der Waals surface area (Å²) < 4.78 is 52.6. The fourth-order valence-electron chi connectivity index (χ4n) is 2.14. The minimum Gasteiger partial charge on any atom is -0.341 e. The van der Waals surface area contributed by atoms with Gasteiger partial charge < -0.3 is 10.2 Å². The van der Waals surface area contributed by atoms with Gasteiger partial charge in [-0.3, -0.25) is 4.79 Å². The van der Waals surface area contributed by atoms with Crippen LogP contribution in [0.25, 0.3) is 0 Å². The zero-order valence-corrected chi connectivity index (χ0v) is 11.3. The summed E-state index contributed by atoms with van der Waals surface area (Å²) in [5.41, 5.74) is -0.567. The number of benzene rings is 1. The molecular formula is C14H16F4N2O. The van der Waals surface area contributed by atoms with Gasteiger partial charge in [0.05, 0.1) is 0 Å². The van der Waals surface area contributed by atoms with Gasteiger partial charge in [0, 0.05) is 18.5 Å². The first-order valence-electron chi connectivity index (χ1n) is 6.71. The number of carbonyl (C=O) groups is 1. The van der Waals surface area contributed by atoms with Crippen LogP contribution in [0, 0.1) is 5.82 Å². The van der Waals surface area contributed by atoms with E-state index in [9.17, 15) is 22.4 Å². The molecule has 1 amide bonds. The number of nitrogens with one attached hydrogen (secondary N) is 1. The highest BCUT2D eigenvalue weighted by Gasteiger charge is 2.43. The van der Waals surface area contributed by atoms with Crippen LogP contribution in [0.3, 0.4) is 0 Å². The minimum atomic E-state index is -4.74. The second-order valence-electron chi connectivity index (χ2n) is 5.01. The first-order chi connectivity index (χ1) is 9.88. The van der Waals surface area contributed by atoms with Gasteiger partial charge in [-0.15, -0.1) is 0 Å². The van der Waals surface area contributed by atoms with Crippen molar-refractivity contribution in [3.63, 3.8) is 0 Å². The number of amides is 1. The van der Waals surface area contributed by atoms with E-state index >= 15 is 0 Å². The van der Waals surface area contributed by atoms with Crippen molar-refractivity contribution in [2.75, 3.05) is 19.6 Å². The monoisotopic (exact) mass is 304 g/mol. The summed E-state index contributed by atoms with van der Waals surface area (Å²) >= 11 is 0. The Morgan fingerprint density at radius 2 is 1.95 bits per heavy atom. The molecule has 0 aromatic heterocycles. The smallest absolute Gasteiger partial charge is 0.341 e. The lowest BCUT2D eigenvalue weighted by Gasteiger charge is -2.30. The zero-order chi connectivity index (χ0) is 15.5. The number of nitrogens with zero attached hydrogens (tertiary/aromatic N) is 1. The summed E-state index contributed by atoms with van der Waals surface area (Å²) in [4.78, 5) is 13.6. The maximum absolute atomic E-state index is 13.5. The Kier molecular flexibility index (Phi) is 4.82. The molecule has 0 bridgehead atoms. The van der Waals surface area contributed by atoms with E-state index in [1.165, 1.54) is 12.1 Å². The molecule has 1 unspecified atom stereocenters. The first kappa shape index (κ1) is 15.8. The van der Waals surface area contributed by atoms with E-state index in [2.05, 4.69) is 0 Å². The molecule has 3 nitrogen and oxygen atoms in total. The van der Waals surface area contributed by atoms with Crippen LogP contribution in [0.4, 0.5) is 17.6 Å². The summed E-state index contributed by atoms with van der Waals surface area (Å²) in [6.45, 7) is 2.15. The third-order valence-electron chi connectivity index (χ3n) is 3.45. The van der Waals surface area contributed by atoms with Gasteiger partial charge in [0.25, 0.3) is 0 Å². The molecule has 2 rings (SSSR count). The average molecular weight is 304 g/mol. The largest absolute Gasteiger partial charge is 0.412 e. The van der Waals surface area contributed by atoms with E-state index in [-0.39, 0.29) is 6.42 Å². The van der Waals surface area contributed by atoms with E-state index in [1.54, 1.807) is 0 Å². The van der Waals surface area contributed by atoms with Crippen molar-refractivity contribution in [2.45, 2.75) is 25.1 Å². The third kappa shape index (κ3) is 4.17. The molecule has 1 aromatic carbocycles. The molecule has 7 heteroatoms. The molecule has 1 heterocycles. The number of alkyl halides is 3. The molecule has 1 aromatic rings. The second-order valence-corrected chi connectivity index (χ2v) is 5.01. The van der Waals surface area contributed by atoms with Gasteiger partial charge in [-0.1, -0.05) is 18.2 Å². The number of carbonyl (C=O) groups excluding carboxylic acids is 1. The summed E-state index contributed by atoms with van der Waals surface area (Å²) in [5, 5.41) is 1.89. The average Bonchev–Trinajstić information content (AvgIpc) is 2.34. The van der Waals surface area contributed by atoms with Gasteiger partial charge in [-0.25, -0.2) is 4.39 Å². The standard InChI is InChI=1S/C14H16F4N2O/c15-11-5-2-1-4-10(11)13(14(16,17)18)19-12(21)6-9-20-7-3-8-20/h1-2,4-5,13H,3,6-9H2,(H,19,21). The van der Waals surface area contributed by atoms with Gasteiger partial charge in [0.1, 0.15) is 5.82 Å². The number of hydrogen-bond acceptors (Lipinski definition) is 2. The number of rotatable bonds is 5. The van der Waals surface area contributed by atoms with Crippen LogP contribution >= 0.6 is 0 Å². The highest BCUT2D eigenvalue weighted by atomic mass is 19.4. The Morgan fingerprint density at radius 1 is 1.29 bits per heavy atom. The van der Waals surface area contributed by atoms with Gasteiger partial charge in [-0.05, 0) is 25.6 Å². The first-order valence-corrected chi connectivity index (χ1v) is 6.71. The highest BCUT2D eigenvalue weighted by molar-refractivity contribution is 5.76. The fraction of sp³-hybridized carbons (Fsp3) is 0.500. The normalized spacial score (nSPS) is 17.1. The Hall–Kier alpha value is -1.63. The molecule has 1 saturated heterocycles. The lowest BCUT2D eigenvalue weighted by molar-refractivity contribution is -0.164. The molecule has 21 heavy (non-hydrogen) atoms. The van der Waals surface area contributed by atoms with E-state index in [0.29, 0.717) is 6.54 Å². The lowest BCUT2D eigenvalue weighted by atomic mass is 10.1. The number of likely N-dealkylation sites (tertiary alicyclic amines) is 1.